The number of halogens is 10. The van der Waals surface area contributed by atoms with Crippen LogP contribution in [-0.4, -0.2) is 42.7 Å². The molecule has 0 aromatic carbocycles. The fourth-order valence-corrected chi connectivity index (χ4v) is 2.08. The predicted octanol–water partition coefficient (Wildman–Crippen LogP) is 3.90. The second-order valence-electron chi connectivity index (χ2n) is 4.23. The lowest BCUT2D eigenvalue weighted by Crippen LogP contribution is -2.83. The van der Waals surface area contributed by atoms with Gasteiger partial charge in [-0.25, -0.2) is 4.39 Å². The van der Waals surface area contributed by atoms with Crippen LogP contribution >= 0.6 is 0 Å². The summed E-state index contributed by atoms with van der Waals surface area (Å²) in [6, 6.07) is 0. The van der Waals surface area contributed by atoms with Gasteiger partial charge < -0.3 is 4.74 Å². The van der Waals surface area contributed by atoms with Crippen LogP contribution in [0.25, 0.3) is 0 Å². The quantitative estimate of drug-likeness (QED) is 0.711. The van der Waals surface area contributed by atoms with Gasteiger partial charge in [-0.2, -0.15) is 39.5 Å². The molecule has 0 saturated carbocycles. The molecule has 21 heavy (non-hydrogen) atoms. The molecule has 0 bridgehead atoms. The lowest BCUT2D eigenvalue weighted by Gasteiger charge is -2.54. The number of alkyl halides is 10. The molecule has 1 aliphatic rings. The van der Waals surface area contributed by atoms with Crippen molar-refractivity contribution in [3.8, 4) is 0 Å². The van der Waals surface area contributed by atoms with Crippen molar-refractivity contribution in [1.29, 1.82) is 0 Å². The fourth-order valence-electron chi connectivity index (χ4n) is 2.08. The van der Waals surface area contributed by atoms with E-state index in [2.05, 4.69) is 9.47 Å². The van der Waals surface area contributed by atoms with Gasteiger partial charge in [0.2, 0.25) is 0 Å². The number of rotatable bonds is 2. The molecular formula is C9H8F10O2. The van der Waals surface area contributed by atoms with Crippen LogP contribution < -0.4 is 0 Å². The van der Waals surface area contributed by atoms with E-state index in [-0.39, 0.29) is 7.11 Å². The molecular weight excluding hydrogens is 330 g/mol. The number of hydrogen-bond acceptors (Lipinski definition) is 2. The Balaban J connectivity index is 3.80. The molecule has 0 aromatic heterocycles. The summed E-state index contributed by atoms with van der Waals surface area (Å²) in [4.78, 5) is 0. The van der Waals surface area contributed by atoms with Gasteiger partial charge in [-0.05, 0) is 0 Å². The first-order chi connectivity index (χ1) is 9.08. The minimum Gasteiger partial charge on any atom is -0.359 e. The maximum Gasteiger partial charge on any atom is 0.429 e. The van der Waals surface area contributed by atoms with Gasteiger partial charge >= 0.3 is 24.1 Å². The van der Waals surface area contributed by atoms with Crippen LogP contribution in [0.3, 0.4) is 0 Å². The Kier molecular flexibility index (Phi) is 3.80. The molecule has 1 rings (SSSR count). The predicted molar refractivity (Wildman–Crippen MR) is 45.9 cm³/mol. The van der Waals surface area contributed by atoms with Gasteiger partial charge in [0.25, 0.3) is 11.5 Å². The lowest BCUT2D eigenvalue weighted by molar-refractivity contribution is -0.556. The molecule has 1 fully saturated rings. The Morgan fingerprint density at radius 1 is 0.905 bits per heavy atom. The van der Waals surface area contributed by atoms with Crippen molar-refractivity contribution in [2.75, 3.05) is 7.11 Å². The van der Waals surface area contributed by atoms with Crippen LogP contribution in [0, 0.1) is 0 Å². The molecule has 1 saturated heterocycles. The van der Waals surface area contributed by atoms with Gasteiger partial charge in [0.15, 0.2) is 0 Å². The summed E-state index contributed by atoms with van der Waals surface area (Å²) in [6.45, 7) is 0.426. The van der Waals surface area contributed by atoms with Crippen molar-refractivity contribution in [3.63, 3.8) is 0 Å². The lowest BCUT2D eigenvalue weighted by atomic mass is 9.78. The number of methoxy groups -OCH3 is 1. The molecule has 0 aromatic rings. The monoisotopic (exact) mass is 338 g/mol. The van der Waals surface area contributed by atoms with Gasteiger partial charge in [0.1, 0.15) is 0 Å². The Morgan fingerprint density at radius 2 is 1.33 bits per heavy atom. The largest absolute Gasteiger partial charge is 0.429 e. The van der Waals surface area contributed by atoms with E-state index in [1.54, 1.807) is 0 Å². The summed E-state index contributed by atoms with van der Waals surface area (Å²) >= 11 is 0. The second-order valence-corrected chi connectivity index (χ2v) is 4.23. The van der Waals surface area contributed by atoms with Crippen LogP contribution in [-0.2, 0) is 9.47 Å². The molecule has 2 nitrogen and oxygen atoms in total. The van der Waals surface area contributed by atoms with Crippen LogP contribution in [0.5, 0.6) is 0 Å². The maximum absolute atomic E-state index is 14.1. The minimum absolute atomic E-state index is 0.158. The highest BCUT2D eigenvalue weighted by molar-refractivity contribution is 5.19. The number of ether oxygens (including phenoxy) is 2. The maximum atomic E-state index is 14.1. The zero-order valence-corrected chi connectivity index (χ0v) is 10.3. The Morgan fingerprint density at radius 3 is 1.62 bits per heavy atom. The Labute approximate surface area is 111 Å². The molecule has 0 radical (unpaired) electrons. The molecule has 1 heterocycles. The smallest absolute Gasteiger partial charge is 0.359 e. The highest BCUT2D eigenvalue weighted by Crippen LogP contribution is 2.66. The van der Waals surface area contributed by atoms with E-state index < -0.39 is 42.0 Å². The fraction of sp³-hybridized carbons (Fsp3) is 1.00. The standard InChI is InChI=1S/C9H8F10O2/c1-3-4(10)5(20-2,8(15,16)17)6(11,12)7(13,14)9(18,19)21-4/h3H2,1-2H3. The van der Waals surface area contributed by atoms with Crippen molar-refractivity contribution in [1.82, 2.24) is 0 Å². The van der Waals surface area contributed by atoms with Gasteiger partial charge in [-0.1, -0.05) is 6.92 Å². The van der Waals surface area contributed by atoms with Gasteiger partial charge in [0, 0.05) is 13.5 Å². The topological polar surface area (TPSA) is 18.5 Å². The SMILES string of the molecule is CCC1(F)OC(F)(F)C(F)(F)C(F)(F)C1(OC)C(F)(F)F. The van der Waals surface area contributed by atoms with E-state index >= 15 is 0 Å². The Bertz CT molecular complexity index is 419. The summed E-state index contributed by atoms with van der Waals surface area (Å²) in [6.07, 6.45) is -14.4. The molecule has 126 valence electrons. The third-order valence-electron chi connectivity index (χ3n) is 3.18. The van der Waals surface area contributed by atoms with Crippen molar-refractivity contribution < 1.29 is 53.4 Å². The van der Waals surface area contributed by atoms with E-state index in [0.717, 1.165) is 0 Å². The van der Waals surface area contributed by atoms with E-state index in [9.17, 15) is 43.9 Å². The van der Waals surface area contributed by atoms with E-state index in [1.807, 2.05) is 0 Å². The summed E-state index contributed by atoms with van der Waals surface area (Å²) in [5.74, 6) is -18.2. The first-order valence-electron chi connectivity index (χ1n) is 5.22. The second kappa shape index (κ2) is 4.37. The summed E-state index contributed by atoms with van der Waals surface area (Å²) in [5.41, 5.74) is -5.60. The van der Waals surface area contributed by atoms with E-state index in [1.165, 1.54) is 0 Å². The zero-order valence-electron chi connectivity index (χ0n) is 10.3. The first-order valence-corrected chi connectivity index (χ1v) is 5.22. The summed E-state index contributed by atoms with van der Waals surface area (Å²) in [5, 5.41) is 0. The third-order valence-corrected chi connectivity index (χ3v) is 3.18. The summed E-state index contributed by atoms with van der Waals surface area (Å²) in [7, 11) is -0.158. The van der Waals surface area contributed by atoms with Crippen molar-refractivity contribution in [2.45, 2.75) is 48.9 Å². The van der Waals surface area contributed by atoms with E-state index in [4.69, 9.17) is 0 Å². The van der Waals surface area contributed by atoms with Crippen LogP contribution in [0.1, 0.15) is 13.3 Å². The van der Waals surface area contributed by atoms with Gasteiger partial charge in [-0.3, -0.25) is 4.74 Å². The highest BCUT2D eigenvalue weighted by atomic mass is 19.4. The van der Waals surface area contributed by atoms with Crippen molar-refractivity contribution in [2.24, 2.45) is 0 Å². The molecule has 0 N–H and O–H groups in total. The molecule has 12 heteroatoms. The van der Waals surface area contributed by atoms with Crippen LogP contribution in [0.4, 0.5) is 43.9 Å². The molecule has 0 spiro atoms. The van der Waals surface area contributed by atoms with Crippen LogP contribution in [0.2, 0.25) is 0 Å². The van der Waals surface area contributed by atoms with Gasteiger partial charge in [-0.15, -0.1) is 0 Å². The number of hydrogen-bond donors (Lipinski definition) is 0. The van der Waals surface area contributed by atoms with E-state index in [0.29, 0.717) is 6.92 Å². The molecule has 1 aliphatic heterocycles. The average Bonchev–Trinajstić information content (AvgIpc) is 2.25. The van der Waals surface area contributed by atoms with Crippen molar-refractivity contribution in [3.05, 3.63) is 0 Å². The van der Waals surface area contributed by atoms with Crippen molar-refractivity contribution >= 4 is 0 Å². The summed E-state index contributed by atoms with van der Waals surface area (Å²) < 4.78 is 138. The molecule has 2 atom stereocenters. The average molecular weight is 338 g/mol. The zero-order chi connectivity index (χ0) is 17.1. The highest BCUT2D eigenvalue weighted by Gasteiger charge is 2.96. The molecule has 0 amide bonds. The first kappa shape index (κ1) is 18.3. The third kappa shape index (κ3) is 1.80. The van der Waals surface area contributed by atoms with Crippen LogP contribution in [0.15, 0.2) is 0 Å². The normalized spacial score (nSPS) is 38.3. The Hall–Kier alpha value is -0.780. The molecule has 2 unspecified atom stereocenters. The molecule has 0 aliphatic carbocycles. The van der Waals surface area contributed by atoms with Gasteiger partial charge in [0.05, 0.1) is 0 Å². The minimum atomic E-state index is -6.66.